The molecule has 0 radical (unpaired) electrons. The van der Waals surface area contributed by atoms with Crippen LogP contribution in [0.4, 0.5) is 5.69 Å². The minimum atomic E-state index is -0.694. The molecule has 0 aromatic heterocycles. The molecule has 1 aromatic carbocycles. The van der Waals surface area contributed by atoms with Gasteiger partial charge in [0.15, 0.2) is 5.75 Å². The average molecular weight is 320 g/mol. The number of nitrogens with one attached hydrogen (secondary N) is 1. The minimum absolute atomic E-state index is 0.0309. The second-order valence-electron chi connectivity index (χ2n) is 5.72. The van der Waals surface area contributed by atoms with E-state index in [4.69, 9.17) is 0 Å². The highest BCUT2D eigenvalue weighted by molar-refractivity contribution is 6.01. The van der Waals surface area contributed by atoms with E-state index in [1.807, 2.05) is 13.8 Å². The lowest BCUT2D eigenvalue weighted by molar-refractivity contribution is -0.129. The first kappa shape index (κ1) is 16.8. The fraction of sp³-hybridized carbons (Fsp3) is 0.438. The number of carbonyl (C=O) groups is 3. The Balaban J connectivity index is 2.13. The normalized spacial score (nSPS) is 17.5. The van der Waals surface area contributed by atoms with Gasteiger partial charge in [-0.05, 0) is 26.0 Å². The molecule has 1 aliphatic rings. The highest BCUT2D eigenvalue weighted by Gasteiger charge is 2.35. The highest BCUT2D eigenvalue weighted by Crippen LogP contribution is 2.29. The maximum absolute atomic E-state index is 12.3. The molecule has 7 nitrogen and oxygen atoms in total. The van der Waals surface area contributed by atoms with Gasteiger partial charge in [0.1, 0.15) is 5.56 Å². The molecule has 2 amide bonds. The summed E-state index contributed by atoms with van der Waals surface area (Å²) in [7, 11) is 1.21. The van der Waals surface area contributed by atoms with Crippen LogP contribution in [0.25, 0.3) is 0 Å². The summed E-state index contributed by atoms with van der Waals surface area (Å²) in [6.07, 6.45) is 0.140. The van der Waals surface area contributed by atoms with Crippen LogP contribution in [0.2, 0.25) is 0 Å². The molecule has 23 heavy (non-hydrogen) atoms. The molecular weight excluding hydrogens is 300 g/mol. The maximum Gasteiger partial charge on any atom is 0.341 e. The number of rotatable bonds is 4. The van der Waals surface area contributed by atoms with Gasteiger partial charge in [-0.15, -0.1) is 0 Å². The Kier molecular flexibility index (Phi) is 4.88. The molecule has 1 atom stereocenters. The van der Waals surface area contributed by atoms with E-state index in [9.17, 15) is 19.5 Å². The Morgan fingerprint density at radius 3 is 2.65 bits per heavy atom. The van der Waals surface area contributed by atoms with Gasteiger partial charge in [-0.1, -0.05) is 6.07 Å². The zero-order chi connectivity index (χ0) is 17.1. The number of para-hydroxylation sites is 1. The summed E-state index contributed by atoms with van der Waals surface area (Å²) in [5, 5.41) is 12.7. The van der Waals surface area contributed by atoms with Crippen molar-refractivity contribution in [2.75, 3.05) is 19.0 Å². The summed E-state index contributed by atoms with van der Waals surface area (Å²) < 4.78 is 4.57. The third kappa shape index (κ3) is 3.44. The Morgan fingerprint density at radius 2 is 2.09 bits per heavy atom. The van der Waals surface area contributed by atoms with Crippen LogP contribution in [0.1, 0.15) is 30.6 Å². The minimum Gasteiger partial charge on any atom is -0.505 e. The fourth-order valence-corrected chi connectivity index (χ4v) is 2.56. The average Bonchev–Trinajstić information content (AvgIpc) is 2.91. The smallest absolute Gasteiger partial charge is 0.341 e. The number of methoxy groups -OCH3 is 1. The molecule has 2 rings (SSSR count). The number of anilines is 1. The number of ether oxygens (including phenoxy) is 1. The maximum atomic E-state index is 12.3. The van der Waals surface area contributed by atoms with Gasteiger partial charge in [0.25, 0.3) is 0 Å². The SMILES string of the molecule is COC(=O)c1cccc(NC(=O)C2CC(=O)N(C(C)C)C2)c1O. The van der Waals surface area contributed by atoms with Crippen molar-refractivity contribution in [2.24, 2.45) is 5.92 Å². The van der Waals surface area contributed by atoms with Crippen LogP contribution in [0.15, 0.2) is 18.2 Å². The summed E-state index contributed by atoms with van der Waals surface area (Å²) in [6, 6.07) is 4.45. The van der Waals surface area contributed by atoms with Gasteiger partial charge in [0.2, 0.25) is 11.8 Å². The number of carbonyl (C=O) groups excluding carboxylic acids is 3. The molecule has 124 valence electrons. The van der Waals surface area contributed by atoms with Gasteiger partial charge < -0.3 is 20.1 Å². The first-order valence-corrected chi connectivity index (χ1v) is 7.35. The van der Waals surface area contributed by atoms with Gasteiger partial charge in [-0.2, -0.15) is 0 Å². The number of hydrogen-bond donors (Lipinski definition) is 2. The van der Waals surface area contributed by atoms with E-state index < -0.39 is 11.9 Å². The van der Waals surface area contributed by atoms with E-state index in [0.717, 1.165) is 0 Å². The first-order valence-electron chi connectivity index (χ1n) is 7.35. The predicted octanol–water partition coefficient (Wildman–Crippen LogP) is 1.37. The van der Waals surface area contributed by atoms with Crippen LogP contribution in [0.5, 0.6) is 5.75 Å². The van der Waals surface area contributed by atoms with Crippen molar-refractivity contribution in [2.45, 2.75) is 26.3 Å². The summed E-state index contributed by atoms with van der Waals surface area (Å²) >= 11 is 0. The number of phenolic OH excluding ortho intramolecular Hbond substituents is 1. The van der Waals surface area contributed by atoms with E-state index in [1.54, 1.807) is 4.90 Å². The third-order valence-electron chi connectivity index (χ3n) is 3.85. The lowest BCUT2D eigenvalue weighted by Crippen LogP contribution is -2.33. The number of likely N-dealkylation sites (tertiary alicyclic amines) is 1. The molecule has 1 unspecified atom stereocenters. The van der Waals surface area contributed by atoms with Crippen molar-refractivity contribution in [3.8, 4) is 5.75 Å². The van der Waals surface area contributed by atoms with Gasteiger partial charge >= 0.3 is 5.97 Å². The third-order valence-corrected chi connectivity index (χ3v) is 3.85. The van der Waals surface area contributed by atoms with Crippen LogP contribution in [0, 0.1) is 5.92 Å². The highest BCUT2D eigenvalue weighted by atomic mass is 16.5. The molecule has 0 bridgehead atoms. The van der Waals surface area contributed by atoms with Crippen molar-refractivity contribution in [1.29, 1.82) is 0 Å². The van der Waals surface area contributed by atoms with E-state index in [-0.39, 0.29) is 41.3 Å². The van der Waals surface area contributed by atoms with Gasteiger partial charge in [-0.3, -0.25) is 9.59 Å². The van der Waals surface area contributed by atoms with Crippen molar-refractivity contribution in [3.05, 3.63) is 23.8 Å². The Labute approximate surface area is 134 Å². The number of nitrogens with zero attached hydrogens (tertiary/aromatic N) is 1. The summed E-state index contributed by atoms with van der Waals surface area (Å²) in [5.74, 6) is -1.95. The van der Waals surface area contributed by atoms with Crippen molar-refractivity contribution in [3.63, 3.8) is 0 Å². The van der Waals surface area contributed by atoms with Crippen molar-refractivity contribution in [1.82, 2.24) is 4.90 Å². The first-order chi connectivity index (χ1) is 10.8. The molecule has 0 saturated carbocycles. The Hall–Kier alpha value is -2.57. The lowest BCUT2D eigenvalue weighted by atomic mass is 10.1. The van der Waals surface area contributed by atoms with Crippen LogP contribution in [0.3, 0.4) is 0 Å². The van der Waals surface area contributed by atoms with E-state index in [2.05, 4.69) is 10.1 Å². The fourth-order valence-electron chi connectivity index (χ4n) is 2.56. The van der Waals surface area contributed by atoms with Gasteiger partial charge in [-0.25, -0.2) is 4.79 Å². The monoisotopic (exact) mass is 320 g/mol. The van der Waals surface area contributed by atoms with Crippen LogP contribution < -0.4 is 5.32 Å². The van der Waals surface area contributed by atoms with Crippen LogP contribution in [-0.4, -0.2) is 47.5 Å². The quantitative estimate of drug-likeness (QED) is 0.645. The molecular formula is C16H20N2O5. The van der Waals surface area contributed by atoms with Crippen molar-refractivity contribution >= 4 is 23.5 Å². The molecule has 2 N–H and O–H groups in total. The molecule has 1 fully saturated rings. The van der Waals surface area contributed by atoms with Crippen molar-refractivity contribution < 1.29 is 24.2 Å². The molecule has 0 spiro atoms. The number of benzene rings is 1. The largest absolute Gasteiger partial charge is 0.505 e. The second kappa shape index (κ2) is 6.68. The Bertz CT molecular complexity index is 641. The summed E-state index contributed by atoms with van der Waals surface area (Å²) in [5.41, 5.74) is 0.0879. The molecule has 0 aliphatic carbocycles. The topological polar surface area (TPSA) is 95.9 Å². The number of aromatic hydroxyl groups is 1. The lowest BCUT2D eigenvalue weighted by Gasteiger charge is -2.20. The number of amides is 2. The van der Waals surface area contributed by atoms with Gasteiger partial charge in [0.05, 0.1) is 18.7 Å². The molecule has 1 aliphatic heterocycles. The zero-order valence-corrected chi connectivity index (χ0v) is 13.3. The molecule has 1 heterocycles. The van der Waals surface area contributed by atoms with Crippen LogP contribution >= 0.6 is 0 Å². The predicted molar refractivity (Wildman–Crippen MR) is 83.0 cm³/mol. The molecule has 7 heteroatoms. The van der Waals surface area contributed by atoms with E-state index in [1.165, 1.54) is 25.3 Å². The summed E-state index contributed by atoms with van der Waals surface area (Å²) in [4.78, 5) is 37.4. The second-order valence-corrected chi connectivity index (χ2v) is 5.72. The van der Waals surface area contributed by atoms with E-state index >= 15 is 0 Å². The summed E-state index contributed by atoms with van der Waals surface area (Å²) in [6.45, 7) is 4.13. The van der Waals surface area contributed by atoms with E-state index in [0.29, 0.717) is 6.54 Å². The zero-order valence-electron chi connectivity index (χ0n) is 13.3. The molecule has 1 aromatic rings. The van der Waals surface area contributed by atoms with Crippen LogP contribution in [-0.2, 0) is 14.3 Å². The number of phenols is 1. The Morgan fingerprint density at radius 1 is 1.39 bits per heavy atom. The standard InChI is InChI=1S/C16H20N2O5/c1-9(2)18-8-10(7-13(18)19)15(21)17-12-6-4-5-11(14(12)20)16(22)23-3/h4-6,9-10,20H,7-8H2,1-3H3,(H,17,21). The number of hydrogen-bond acceptors (Lipinski definition) is 5. The molecule has 1 saturated heterocycles. The van der Waals surface area contributed by atoms with Gasteiger partial charge in [0, 0.05) is 19.0 Å². The number of esters is 1.